The van der Waals surface area contributed by atoms with Crippen LogP contribution in [0.2, 0.25) is 0 Å². The van der Waals surface area contributed by atoms with Crippen LogP contribution in [0.3, 0.4) is 0 Å². The molecule has 1 aromatic carbocycles. The lowest BCUT2D eigenvalue weighted by atomic mass is 10.2. The van der Waals surface area contributed by atoms with Crippen molar-refractivity contribution in [2.75, 3.05) is 11.6 Å². The average Bonchev–Trinajstić information content (AvgIpc) is 2.63. The maximum atomic E-state index is 12.4. The zero-order valence-corrected chi connectivity index (χ0v) is 13.1. The highest BCUT2D eigenvalue weighted by molar-refractivity contribution is 6.39. The first-order valence-electron chi connectivity index (χ1n) is 7.56. The Labute approximate surface area is 139 Å². The summed E-state index contributed by atoms with van der Waals surface area (Å²) in [6, 6.07) is 14.3. The monoisotopic (exact) mass is 323 g/mol. The number of para-hydroxylation sites is 1. The number of aromatic nitrogens is 1. The van der Waals surface area contributed by atoms with E-state index < -0.39 is 0 Å². The molecule has 0 spiro atoms. The van der Waals surface area contributed by atoms with Crippen molar-refractivity contribution in [3.63, 3.8) is 0 Å². The van der Waals surface area contributed by atoms with Crippen LogP contribution in [0.4, 0.5) is 5.69 Å². The molecule has 0 unspecified atom stereocenters. The van der Waals surface area contributed by atoms with Crippen molar-refractivity contribution in [2.45, 2.75) is 13.0 Å². The number of carbonyl (C=O) groups excluding carboxylic acids is 2. The number of hydrogen-bond donors (Lipinski definition) is 2. The Hall–Kier alpha value is -3.22. The summed E-state index contributed by atoms with van der Waals surface area (Å²) in [5.41, 5.74) is 4.18. The molecule has 0 aliphatic carbocycles. The Morgan fingerprint density at radius 3 is 2.67 bits per heavy atom. The molecule has 3 rings (SSSR count). The minimum absolute atomic E-state index is 0.0807. The molecule has 2 N–H and O–H groups in total. The number of anilines is 1. The minimum atomic E-state index is -0.387. The normalized spacial score (nSPS) is 15.3. The fraction of sp³-hybridized carbons (Fsp3) is 0.176. The van der Waals surface area contributed by atoms with Gasteiger partial charge < -0.3 is 5.32 Å². The Morgan fingerprint density at radius 2 is 1.96 bits per heavy atom. The molecule has 0 radical (unpaired) electrons. The van der Waals surface area contributed by atoms with Gasteiger partial charge in [-0.05, 0) is 31.2 Å². The van der Waals surface area contributed by atoms with Crippen LogP contribution in [0.5, 0.6) is 0 Å². The van der Waals surface area contributed by atoms with E-state index in [-0.39, 0.29) is 30.2 Å². The third-order valence-electron chi connectivity index (χ3n) is 3.55. The van der Waals surface area contributed by atoms with Gasteiger partial charge in [0.25, 0.3) is 11.8 Å². The van der Waals surface area contributed by atoms with Gasteiger partial charge >= 0.3 is 0 Å². The molecule has 0 fully saturated rings. The van der Waals surface area contributed by atoms with Gasteiger partial charge in [0.15, 0.2) is 0 Å². The lowest BCUT2D eigenvalue weighted by Gasteiger charge is -2.28. The number of benzene rings is 1. The lowest BCUT2D eigenvalue weighted by Crippen LogP contribution is -2.56. The van der Waals surface area contributed by atoms with Crippen molar-refractivity contribution in [1.29, 1.82) is 0 Å². The highest BCUT2D eigenvalue weighted by Gasteiger charge is 2.26. The number of aliphatic imine (C=N–C) groups is 1. The summed E-state index contributed by atoms with van der Waals surface area (Å²) in [7, 11) is 0. The van der Waals surface area contributed by atoms with E-state index in [0.717, 1.165) is 5.69 Å². The Balaban J connectivity index is 1.70. The van der Waals surface area contributed by atoms with E-state index in [9.17, 15) is 9.59 Å². The zero-order valence-electron chi connectivity index (χ0n) is 13.1. The summed E-state index contributed by atoms with van der Waals surface area (Å²) in [4.78, 5) is 32.6. The van der Waals surface area contributed by atoms with Crippen LogP contribution in [-0.2, 0) is 9.59 Å². The van der Waals surface area contributed by atoms with Crippen LogP contribution >= 0.6 is 0 Å². The minimum Gasteiger partial charge on any atom is -0.341 e. The summed E-state index contributed by atoms with van der Waals surface area (Å²) in [6.07, 6.45) is 1.67. The molecular formula is C17H17N5O2. The number of nitrogens with zero attached hydrogens (tertiary/aromatic N) is 3. The van der Waals surface area contributed by atoms with Gasteiger partial charge in [0, 0.05) is 6.20 Å². The van der Waals surface area contributed by atoms with Gasteiger partial charge in [-0.1, -0.05) is 24.3 Å². The summed E-state index contributed by atoms with van der Waals surface area (Å²) in [5.74, 6) is -0.515. The van der Waals surface area contributed by atoms with Crippen LogP contribution < -0.4 is 15.8 Å². The molecule has 7 heteroatoms. The van der Waals surface area contributed by atoms with Crippen molar-refractivity contribution in [1.82, 2.24) is 15.7 Å². The number of rotatable bonds is 4. The van der Waals surface area contributed by atoms with Gasteiger partial charge in [-0.3, -0.25) is 25.0 Å². The maximum Gasteiger partial charge on any atom is 0.288 e. The van der Waals surface area contributed by atoms with Crippen molar-refractivity contribution < 1.29 is 9.59 Å². The molecule has 0 saturated heterocycles. The standard InChI is InChI=1S/C17H17N5O2/c1-12(14-9-5-6-10-18-14)20-17(24)16-19-11-15(23)22(21-16)13-7-3-2-4-8-13/h2-10,12H,11H2,1H3,(H,19,21)(H,20,24)/t12-/m1/s1. The average molecular weight is 323 g/mol. The summed E-state index contributed by atoms with van der Waals surface area (Å²) >= 11 is 0. The van der Waals surface area contributed by atoms with Crippen LogP contribution in [-0.4, -0.2) is 29.2 Å². The van der Waals surface area contributed by atoms with E-state index in [1.165, 1.54) is 5.01 Å². The van der Waals surface area contributed by atoms with Gasteiger partial charge in [0.05, 0.1) is 17.4 Å². The SMILES string of the molecule is C[C@@H](NC(=O)C1=NCC(=O)N(c2ccccc2)N1)c1ccccn1. The molecule has 122 valence electrons. The second kappa shape index (κ2) is 6.91. The van der Waals surface area contributed by atoms with Crippen LogP contribution in [0.15, 0.2) is 59.7 Å². The maximum absolute atomic E-state index is 12.4. The quantitative estimate of drug-likeness (QED) is 0.885. The molecule has 0 bridgehead atoms. The molecule has 1 atom stereocenters. The number of amides is 2. The Morgan fingerprint density at radius 1 is 1.21 bits per heavy atom. The second-order valence-corrected chi connectivity index (χ2v) is 5.29. The Kier molecular flexibility index (Phi) is 4.51. The highest BCUT2D eigenvalue weighted by atomic mass is 16.2. The van der Waals surface area contributed by atoms with Crippen molar-refractivity contribution in [3.8, 4) is 0 Å². The van der Waals surface area contributed by atoms with E-state index in [1.807, 2.05) is 43.3 Å². The fourth-order valence-corrected chi connectivity index (χ4v) is 2.30. The lowest BCUT2D eigenvalue weighted by molar-refractivity contribution is -0.118. The molecule has 0 saturated carbocycles. The Bertz CT molecular complexity index is 761. The molecule has 1 aliphatic rings. The number of carbonyl (C=O) groups is 2. The topological polar surface area (TPSA) is 86.7 Å². The molecule has 2 amide bonds. The van der Waals surface area contributed by atoms with E-state index in [0.29, 0.717) is 5.69 Å². The van der Waals surface area contributed by atoms with Gasteiger partial charge in [-0.2, -0.15) is 0 Å². The first-order valence-corrected chi connectivity index (χ1v) is 7.56. The molecule has 24 heavy (non-hydrogen) atoms. The largest absolute Gasteiger partial charge is 0.341 e. The van der Waals surface area contributed by atoms with Gasteiger partial charge in [-0.15, -0.1) is 0 Å². The predicted molar refractivity (Wildman–Crippen MR) is 90.2 cm³/mol. The number of amidine groups is 1. The smallest absolute Gasteiger partial charge is 0.288 e. The summed E-state index contributed by atoms with van der Waals surface area (Å²) in [6.45, 7) is 1.76. The summed E-state index contributed by atoms with van der Waals surface area (Å²) in [5, 5.41) is 4.15. The third kappa shape index (κ3) is 3.40. The molecule has 1 aromatic heterocycles. The van der Waals surface area contributed by atoms with Crippen molar-refractivity contribution >= 4 is 23.3 Å². The summed E-state index contributed by atoms with van der Waals surface area (Å²) < 4.78 is 0. The predicted octanol–water partition coefficient (Wildman–Crippen LogP) is 1.21. The highest BCUT2D eigenvalue weighted by Crippen LogP contribution is 2.13. The molecule has 2 heterocycles. The number of nitrogens with one attached hydrogen (secondary N) is 2. The van der Waals surface area contributed by atoms with Gasteiger partial charge in [0.1, 0.15) is 6.54 Å². The first kappa shape index (κ1) is 15.7. The van der Waals surface area contributed by atoms with E-state index >= 15 is 0 Å². The number of hydrogen-bond acceptors (Lipinski definition) is 5. The second-order valence-electron chi connectivity index (χ2n) is 5.29. The number of pyridine rings is 1. The van der Waals surface area contributed by atoms with E-state index in [2.05, 4.69) is 20.7 Å². The number of hydrazine groups is 1. The van der Waals surface area contributed by atoms with Crippen molar-refractivity contribution in [2.24, 2.45) is 4.99 Å². The molecular weight excluding hydrogens is 306 g/mol. The van der Waals surface area contributed by atoms with E-state index in [1.54, 1.807) is 18.3 Å². The van der Waals surface area contributed by atoms with Crippen molar-refractivity contribution in [3.05, 3.63) is 60.4 Å². The molecule has 1 aliphatic heterocycles. The third-order valence-corrected chi connectivity index (χ3v) is 3.55. The molecule has 7 nitrogen and oxygen atoms in total. The van der Waals surface area contributed by atoms with Crippen LogP contribution in [0.25, 0.3) is 0 Å². The zero-order chi connectivity index (χ0) is 16.9. The molecule has 2 aromatic rings. The first-order chi connectivity index (χ1) is 11.6. The fourth-order valence-electron chi connectivity index (χ4n) is 2.30. The van der Waals surface area contributed by atoms with E-state index in [4.69, 9.17) is 0 Å². The van der Waals surface area contributed by atoms with Crippen LogP contribution in [0, 0.1) is 0 Å². The van der Waals surface area contributed by atoms with Gasteiger partial charge in [0.2, 0.25) is 5.84 Å². The van der Waals surface area contributed by atoms with Crippen LogP contribution in [0.1, 0.15) is 18.7 Å². The van der Waals surface area contributed by atoms with Gasteiger partial charge in [-0.25, -0.2) is 5.01 Å².